The lowest BCUT2D eigenvalue weighted by molar-refractivity contribution is 0.0325. The van der Waals surface area contributed by atoms with E-state index < -0.39 is 0 Å². The van der Waals surface area contributed by atoms with Crippen LogP contribution in [0.25, 0.3) is 0 Å². The van der Waals surface area contributed by atoms with E-state index in [1.54, 1.807) is 6.08 Å². The van der Waals surface area contributed by atoms with Crippen LogP contribution in [-0.4, -0.2) is 13.2 Å². The Morgan fingerprint density at radius 3 is 1.70 bits per heavy atom. The zero-order chi connectivity index (χ0) is 19.8. The van der Waals surface area contributed by atoms with Gasteiger partial charge in [0.25, 0.3) is 5.95 Å². The lowest BCUT2D eigenvalue weighted by Crippen LogP contribution is -2.02. The van der Waals surface area contributed by atoms with Gasteiger partial charge in [0.15, 0.2) is 0 Å². The second-order valence-electron chi connectivity index (χ2n) is 7.18. The van der Waals surface area contributed by atoms with Gasteiger partial charge in [-0.05, 0) is 31.8 Å². The molecule has 0 aromatic heterocycles. The first-order chi connectivity index (χ1) is 13.3. The van der Waals surface area contributed by atoms with Gasteiger partial charge in [-0.25, -0.2) is 0 Å². The molecular weight excluding hydrogens is 332 g/mol. The zero-order valence-electron chi connectivity index (χ0n) is 18.4. The first-order valence-electron chi connectivity index (χ1n) is 11.5. The number of hydrogen-bond acceptors (Lipinski definition) is 2. The molecule has 0 saturated heterocycles. The molecule has 27 heavy (non-hydrogen) atoms. The van der Waals surface area contributed by atoms with E-state index in [9.17, 15) is 0 Å². The summed E-state index contributed by atoms with van der Waals surface area (Å²) in [6.45, 7) is 8.15. The van der Waals surface area contributed by atoms with Crippen molar-refractivity contribution in [3.8, 4) is 11.8 Å². The Balaban J connectivity index is 4.20. The average Bonchev–Trinajstić information content (AvgIpc) is 2.68. The van der Waals surface area contributed by atoms with Gasteiger partial charge in [-0.2, -0.15) is 0 Å². The Morgan fingerprint density at radius 2 is 1.15 bits per heavy atom. The number of unbranched alkanes of at least 4 members (excludes halogenated alkanes) is 11. The third-order valence-electron chi connectivity index (χ3n) is 4.43. The minimum Gasteiger partial charge on any atom is -0.465 e. The van der Waals surface area contributed by atoms with Crippen LogP contribution in [-0.2, 0) is 9.47 Å². The summed E-state index contributed by atoms with van der Waals surface area (Å²) < 4.78 is 11.6. The number of hydrogen-bond donors (Lipinski definition) is 0. The standard InChI is InChI=1S/C25H44O2/c1-4-7-10-13-14-15-16-19-22-25(26-23-20-17-11-8-5-2)27-24-21-18-12-9-6-3/h14-15,22H,4-13,17-18,20-21,23-24H2,1-3H3/b15-14-. The molecule has 0 aliphatic rings. The molecule has 0 radical (unpaired) electrons. The van der Waals surface area contributed by atoms with Crippen LogP contribution in [0.3, 0.4) is 0 Å². The van der Waals surface area contributed by atoms with E-state index >= 15 is 0 Å². The summed E-state index contributed by atoms with van der Waals surface area (Å²) in [4.78, 5) is 0. The van der Waals surface area contributed by atoms with E-state index in [1.807, 2.05) is 6.08 Å². The van der Waals surface area contributed by atoms with Gasteiger partial charge in [0.05, 0.1) is 19.3 Å². The SMILES string of the molecule is CCCCC/C=C\C#CC=C(OCCCCCCC)OCCCCCCC. The summed E-state index contributed by atoms with van der Waals surface area (Å²) in [6, 6.07) is 0. The molecule has 0 spiro atoms. The minimum atomic E-state index is 0.591. The van der Waals surface area contributed by atoms with Crippen LogP contribution in [0.4, 0.5) is 0 Å². The predicted molar refractivity (Wildman–Crippen MR) is 119 cm³/mol. The van der Waals surface area contributed by atoms with Crippen molar-refractivity contribution in [3.63, 3.8) is 0 Å². The summed E-state index contributed by atoms with van der Waals surface area (Å²) in [7, 11) is 0. The Kier molecular flexibility index (Phi) is 21.5. The van der Waals surface area contributed by atoms with Crippen LogP contribution in [0, 0.1) is 11.8 Å². The molecule has 0 unspecified atom stereocenters. The summed E-state index contributed by atoms with van der Waals surface area (Å²) in [5, 5.41) is 0. The highest BCUT2D eigenvalue weighted by Gasteiger charge is 1.99. The summed E-state index contributed by atoms with van der Waals surface area (Å²) in [6.07, 6.45) is 23.2. The molecule has 0 rings (SSSR count). The molecule has 0 bridgehead atoms. The Bertz CT molecular complexity index is 394. The molecule has 0 aliphatic carbocycles. The predicted octanol–water partition coefficient (Wildman–Crippen LogP) is 7.94. The van der Waals surface area contributed by atoms with Gasteiger partial charge in [-0.3, -0.25) is 0 Å². The van der Waals surface area contributed by atoms with Crippen molar-refractivity contribution >= 4 is 0 Å². The van der Waals surface area contributed by atoms with Crippen LogP contribution < -0.4 is 0 Å². The first kappa shape index (κ1) is 25.6. The van der Waals surface area contributed by atoms with Gasteiger partial charge >= 0.3 is 0 Å². The van der Waals surface area contributed by atoms with Crippen molar-refractivity contribution in [1.29, 1.82) is 0 Å². The minimum absolute atomic E-state index is 0.591. The van der Waals surface area contributed by atoms with E-state index in [4.69, 9.17) is 9.47 Å². The molecule has 0 aromatic carbocycles. The largest absolute Gasteiger partial charge is 0.465 e. The normalized spacial score (nSPS) is 10.5. The number of ether oxygens (including phenoxy) is 2. The van der Waals surface area contributed by atoms with E-state index in [2.05, 4.69) is 38.7 Å². The molecule has 0 amide bonds. The van der Waals surface area contributed by atoms with Gasteiger partial charge in [0, 0.05) is 0 Å². The maximum absolute atomic E-state index is 5.82. The Labute approximate surface area is 169 Å². The molecule has 0 atom stereocenters. The summed E-state index contributed by atoms with van der Waals surface area (Å²) in [5.74, 6) is 6.70. The van der Waals surface area contributed by atoms with Crippen LogP contribution in [0.2, 0.25) is 0 Å². The van der Waals surface area contributed by atoms with E-state index in [0.29, 0.717) is 5.95 Å². The monoisotopic (exact) mass is 376 g/mol. The van der Waals surface area contributed by atoms with Gasteiger partial charge < -0.3 is 9.47 Å². The quantitative estimate of drug-likeness (QED) is 0.137. The lowest BCUT2D eigenvalue weighted by Gasteiger charge is -2.11. The Morgan fingerprint density at radius 1 is 0.630 bits per heavy atom. The van der Waals surface area contributed by atoms with Crippen LogP contribution >= 0.6 is 0 Å². The number of rotatable bonds is 18. The summed E-state index contributed by atoms with van der Waals surface area (Å²) in [5.41, 5.74) is 0. The maximum Gasteiger partial charge on any atom is 0.287 e. The third kappa shape index (κ3) is 20.8. The second kappa shape index (κ2) is 22.7. The molecule has 0 saturated carbocycles. The van der Waals surface area contributed by atoms with E-state index in [-0.39, 0.29) is 0 Å². The highest BCUT2D eigenvalue weighted by molar-refractivity contribution is 5.23. The highest BCUT2D eigenvalue weighted by atomic mass is 16.7. The maximum atomic E-state index is 5.82. The van der Waals surface area contributed by atoms with Crippen molar-refractivity contribution in [1.82, 2.24) is 0 Å². The van der Waals surface area contributed by atoms with Gasteiger partial charge in [0.1, 0.15) is 0 Å². The fourth-order valence-corrected chi connectivity index (χ4v) is 2.68. The van der Waals surface area contributed by atoms with Crippen molar-refractivity contribution in [2.75, 3.05) is 13.2 Å². The lowest BCUT2D eigenvalue weighted by atomic mass is 10.2. The molecule has 0 fully saturated rings. The molecule has 0 aliphatic heterocycles. The molecule has 156 valence electrons. The van der Waals surface area contributed by atoms with Crippen molar-refractivity contribution in [2.24, 2.45) is 0 Å². The summed E-state index contributed by atoms with van der Waals surface area (Å²) >= 11 is 0. The fraction of sp³-hybridized carbons (Fsp3) is 0.760. The molecule has 2 heteroatoms. The smallest absolute Gasteiger partial charge is 0.287 e. The van der Waals surface area contributed by atoms with E-state index in [0.717, 1.165) is 32.5 Å². The van der Waals surface area contributed by atoms with Gasteiger partial charge in [-0.1, -0.05) is 103 Å². The van der Waals surface area contributed by atoms with Crippen molar-refractivity contribution in [2.45, 2.75) is 111 Å². The first-order valence-corrected chi connectivity index (χ1v) is 11.5. The fourth-order valence-electron chi connectivity index (χ4n) is 2.68. The topological polar surface area (TPSA) is 18.5 Å². The van der Waals surface area contributed by atoms with Crippen LogP contribution in [0.5, 0.6) is 0 Å². The van der Waals surface area contributed by atoms with Crippen LogP contribution in [0.15, 0.2) is 24.2 Å². The molecule has 0 heterocycles. The van der Waals surface area contributed by atoms with Crippen LogP contribution in [0.1, 0.15) is 111 Å². The average molecular weight is 377 g/mol. The van der Waals surface area contributed by atoms with Gasteiger partial charge in [-0.15, -0.1) is 0 Å². The highest BCUT2D eigenvalue weighted by Crippen LogP contribution is 2.08. The van der Waals surface area contributed by atoms with Crippen molar-refractivity contribution in [3.05, 3.63) is 24.2 Å². The third-order valence-corrected chi connectivity index (χ3v) is 4.43. The molecule has 2 nitrogen and oxygen atoms in total. The molecule has 0 N–H and O–H groups in total. The Hall–Kier alpha value is -1.36. The molecule has 0 aromatic rings. The zero-order valence-corrected chi connectivity index (χ0v) is 18.4. The van der Waals surface area contributed by atoms with E-state index in [1.165, 1.54) is 70.6 Å². The van der Waals surface area contributed by atoms with Crippen molar-refractivity contribution < 1.29 is 9.47 Å². The second-order valence-corrected chi connectivity index (χ2v) is 7.18. The number of allylic oxidation sites excluding steroid dienone is 3. The molecular formula is C25H44O2. The van der Waals surface area contributed by atoms with Gasteiger partial charge in [0.2, 0.25) is 0 Å².